The number of allylic oxidation sites excluding steroid dienone is 8. The molecule has 0 radical (unpaired) electrons. The molecule has 2 aromatic carbocycles. The van der Waals surface area contributed by atoms with Crippen molar-refractivity contribution >= 4 is 27.8 Å². The van der Waals surface area contributed by atoms with Crippen LogP contribution in [0.15, 0.2) is 68.5 Å². The first-order chi connectivity index (χ1) is 21.0. The van der Waals surface area contributed by atoms with Crippen molar-refractivity contribution in [2.24, 2.45) is 11.8 Å². The van der Waals surface area contributed by atoms with Crippen LogP contribution in [-0.4, -0.2) is 42.4 Å². The quantitative estimate of drug-likeness (QED) is 0.224. The molecule has 2 aliphatic carbocycles. The number of hydrogen-bond acceptors (Lipinski definition) is 4. The number of halogens is 4. The Hall–Kier alpha value is -2.35. The van der Waals surface area contributed by atoms with Gasteiger partial charge in [0.2, 0.25) is 0 Å². The minimum atomic E-state index is -5.04. The maximum atomic E-state index is 16.9. The van der Waals surface area contributed by atoms with Crippen LogP contribution in [0.4, 0.5) is 17.6 Å². The van der Waals surface area contributed by atoms with Crippen molar-refractivity contribution in [2.45, 2.75) is 39.5 Å². The minimum absolute atomic E-state index is 0.0272. The van der Waals surface area contributed by atoms with Crippen LogP contribution in [0.2, 0.25) is 0 Å². The predicted octanol–water partition coefficient (Wildman–Crippen LogP) is 4.49. The zero-order valence-electron chi connectivity index (χ0n) is 25.6. The first-order valence-corrected chi connectivity index (χ1v) is 21.5. The van der Waals surface area contributed by atoms with Crippen LogP contribution in [0.25, 0.3) is 0 Å². The number of hydrogen-bond donors (Lipinski definition) is 2. The fraction of sp³-hybridized carbons (Fsp3) is 0.375. The van der Waals surface area contributed by atoms with Crippen molar-refractivity contribution in [3.8, 4) is 0 Å². The molecule has 0 spiro atoms. The molecule has 4 rings (SSSR count). The molecule has 13 heteroatoms. The summed E-state index contributed by atoms with van der Waals surface area (Å²) in [6, 6.07) is 4.88. The van der Waals surface area contributed by atoms with Crippen molar-refractivity contribution in [1.29, 1.82) is 0 Å². The van der Waals surface area contributed by atoms with Gasteiger partial charge in [0.15, 0.2) is 0 Å². The molecule has 0 amide bonds. The molecule has 2 atom stereocenters. The second-order valence-corrected chi connectivity index (χ2v) is 21.6. The van der Waals surface area contributed by atoms with Crippen molar-refractivity contribution < 1.29 is 51.0 Å². The van der Waals surface area contributed by atoms with Gasteiger partial charge in [-0.3, -0.25) is 0 Å². The third kappa shape index (κ3) is 8.15. The van der Waals surface area contributed by atoms with Crippen LogP contribution in [0.1, 0.15) is 37.8 Å². The average Bonchev–Trinajstić information content (AvgIpc) is 3.68. The Kier molecular flexibility index (Phi) is 11.2. The SMILES string of the molecule is CC(CNS(C)(=O)=O)Cc1ccc(F)[c]([Ti]([C]2=CC=CC2)([C]2=CC=CC2)[c]2c(F)ccc(CC(C)CNS(C)(=O)=O)c2F)c1F. The van der Waals surface area contributed by atoms with E-state index in [1.165, 1.54) is 12.1 Å². The van der Waals surface area contributed by atoms with Gasteiger partial charge < -0.3 is 0 Å². The van der Waals surface area contributed by atoms with Crippen molar-refractivity contribution in [3.63, 3.8) is 0 Å². The Morgan fingerprint density at radius 2 is 1.07 bits per heavy atom. The van der Waals surface area contributed by atoms with E-state index in [1.807, 2.05) is 0 Å². The van der Waals surface area contributed by atoms with E-state index < -0.39 is 59.9 Å². The number of benzene rings is 2. The van der Waals surface area contributed by atoms with Crippen molar-refractivity contribution in [2.75, 3.05) is 25.6 Å². The van der Waals surface area contributed by atoms with Gasteiger partial charge in [-0.25, -0.2) is 0 Å². The molecule has 0 saturated carbocycles. The van der Waals surface area contributed by atoms with Gasteiger partial charge in [0.25, 0.3) is 0 Å². The molecule has 0 heterocycles. The Bertz CT molecular complexity index is 1670. The molecule has 0 saturated heterocycles. The van der Waals surface area contributed by atoms with Gasteiger partial charge in [-0.2, -0.15) is 0 Å². The number of nitrogens with one attached hydrogen (secondary N) is 2. The normalized spacial score (nSPS) is 16.6. The summed E-state index contributed by atoms with van der Waals surface area (Å²) in [5.74, 6) is -4.28. The Labute approximate surface area is 266 Å². The predicted molar refractivity (Wildman–Crippen MR) is 167 cm³/mol. The van der Waals surface area contributed by atoms with Crippen LogP contribution in [-0.2, 0) is 49.5 Å². The van der Waals surface area contributed by atoms with E-state index in [4.69, 9.17) is 0 Å². The Morgan fingerprint density at radius 1 is 0.689 bits per heavy atom. The van der Waals surface area contributed by atoms with Gasteiger partial charge in [0.1, 0.15) is 0 Å². The molecule has 2 aliphatic rings. The standard InChI is InChI=1S/2C11H14F2NO2S.2C5H5.Ti/c2*1-8(7-14-17(2,15)16)5-9-3-4-10(12)6-11(9)13;2*1-2-4-5-3-1;/h2*3-4,8,14H,5,7H2,1-2H3;2*1-3H,4H2;. The molecule has 2 unspecified atom stereocenters. The van der Waals surface area contributed by atoms with E-state index in [2.05, 4.69) is 9.44 Å². The van der Waals surface area contributed by atoms with E-state index in [-0.39, 0.29) is 69.5 Å². The molecular formula is C32H38F4N2O4S2Ti. The summed E-state index contributed by atoms with van der Waals surface area (Å²) in [6.07, 6.45) is 13.2. The molecule has 0 aliphatic heterocycles. The van der Waals surface area contributed by atoms with Crippen LogP contribution < -0.4 is 17.2 Å². The molecular weight excluding hydrogens is 664 g/mol. The molecule has 2 aromatic rings. The fourth-order valence-electron chi connectivity index (χ4n) is 6.10. The molecule has 6 nitrogen and oxygen atoms in total. The van der Waals surface area contributed by atoms with Gasteiger partial charge in [0, 0.05) is 0 Å². The summed E-state index contributed by atoms with van der Waals surface area (Å²) in [6.45, 7) is 3.51. The molecule has 244 valence electrons. The van der Waals surface area contributed by atoms with E-state index in [9.17, 15) is 16.8 Å². The molecule has 0 aromatic heterocycles. The van der Waals surface area contributed by atoms with Crippen LogP contribution in [0, 0.1) is 35.1 Å². The van der Waals surface area contributed by atoms with Crippen molar-refractivity contribution in [3.05, 3.63) is 103 Å². The van der Waals surface area contributed by atoms with Gasteiger partial charge in [-0.05, 0) is 0 Å². The summed E-state index contributed by atoms with van der Waals surface area (Å²) in [7, 11) is -6.98. The second-order valence-electron chi connectivity index (χ2n) is 12.0. The second kappa shape index (κ2) is 14.2. The maximum absolute atomic E-state index is 16.9. The zero-order chi connectivity index (χ0) is 33.2. The van der Waals surface area contributed by atoms with E-state index in [0.29, 0.717) is 7.76 Å². The van der Waals surface area contributed by atoms with E-state index in [0.717, 1.165) is 24.6 Å². The topological polar surface area (TPSA) is 92.3 Å². The summed E-state index contributed by atoms with van der Waals surface area (Å²) < 4.78 is 118. The zero-order valence-corrected chi connectivity index (χ0v) is 28.8. The summed E-state index contributed by atoms with van der Waals surface area (Å²) in [5, 5.41) is 0. The fourth-order valence-corrected chi connectivity index (χ4v) is 15.6. The third-order valence-electron chi connectivity index (χ3n) is 8.12. The Morgan fingerprint density at radius 3 is 1.38 bits per heavy atom. The summed E-state index contributed by atoms with van der Waals surface area (Å²) in [4.78, 5) is 0. The van der Waals surface area contributed by atoms with Gasteiger partial charge in [-0.1, -0.05) is 0 Å². The first kappa shape index (κ1) is 35.5. The Balaban J connectivity index is 1.94. The first-order valence-electron chi connectivity index (χ1n) is 14.6. The molecule has 0 fully saturated rings. The molecule has 45 heavy (non-hydrogen) atoms. The molecule has 2 N–H and O–H groups in total. The number of sulfonamides is 2. The van der Waals surface area contributed by atoms with E-state index in [1.54, 1.807) is 50.3 Å². The monoisotopic (exact) mass is 702 g/mol. The van der Waals surface area contributed by atoms with Gasteiger partial charge >= 0.3 is 268 Å². The molecule has 0 bridgehead atoms. The number of rotatable bonds is 14. The van der Waals surface area contributed by atoms with Crippen LogP contribution >= 0.6 is 0 Å². The summed E-state index contributed by atoms with van der Waals surface area (Å²) in [5.41, 5.74) is 0.250. The average molecular weight is 703 g/mol. The van der Waals surface area contributed by atoms with Crippen LogP contribution in [0.3, 0.4) is 0 Å². The summed E-state index contributed by atoms with van der Waals surface area (Å²) >= 11 is -5.04. The third-order valence-corrected chi connectivity index (χ3v) is 17.4. The van der Waals surface area contributed by atoms with Gasteiger partial charge in [0.05, 0.1) is 0 Å². The van der Waals surface area contributed by atoms with Crippen LogP contribution in [0.5, 0.6) is 0 Å². The van der Waals surface area contributed by atoms with E-state index >= 15 is 17.6 Å². The van der Waals surface area contributed by atoms with Crippen molar-refractivity contribution in [1.82, 2.24) is 9.44 Å². The van der Waals surface area contributed by atoms with Gasteiger partial charge in [-0.15, -0.1) is 0 Å².